The minimum absolute atomic E-state index is 0.144. The summed E-state index contributed by atoms with van der Waals surface area (Å²) in [5.74, 6) is 0. The molecule has 0 bridgehead atoms. The van der Waals surface area contributed by atoms with Crippen LogP contribution in [0.15, 0.2) is 24.3 Å². The maximum absolute atomic E-state index is 6.36. The van der Waals surface area contributed by atoms with Crippen LogP contribution in [0.5, 0.6) is 0 Å². The number of hydrogen-bond acceptors (Lipinski definition) is 2. The predicted octanol–water partition coefficient (Wildman–Crippen LogP) is 3.35. The molecule has 2 aromatic rings. The Kier molecular flexibility index (Phi) is 3.81. The van der Waals surface area contributed by atoms with E-state index in [4.69, 9.17) is 5.73 Å². The molecule has 1 aromatic heterocycles. The number of aromatic nitrogens is 1. The zero-order valence-corrected chi connectivity index (χ0v) is 12.5. The van der Waals surface area contributed by atoms with Crippen molar-refractivity contribution in [1.29, 1.82) is 0 Å². The number of para-hydroxylation sites is 1. The second kappa shape index (κ2) is 5.58. The lowest BCUT2D eigenvalue weighted by molar-refractivity contribution is 0.147. The molecule has 0 saturated carbocycles. The Morgan fingerprint density at radius 2 is 1.85 bits per heavy atom. The normalized spacial score (nSPS) is 20.1. The lowest BCUT2D eigenvalue weighted by atomic mass is 9.94. The van der Waals surface area contributed by atoms with E-state index < -0.39 is 0 Å². The zero-order valence-electron chi connectivity index (χ0n) is 12.5. The van der Waals surface area contributed by atoms with Gasteiger partial charge in [-0.15, -0.1) is 0 Å². The van der Waals surface area contributed by atoms with Crippen LogP contribution in [0.2, 0.25) is 0 Å². The first kappa shape index (κ1) is 13.7. The molecule has 1 fully saturated rings. The average molecular weight is 271 g/mol. The molecule has 0 aliphatic carbocycles. The first-order valence-electron chi connectivity index (χ1n) is 7.75. The minimum Gasteiger partial charge on any atom is -0.358 e. The van der Waals surface area contributed by atoms with E-state index in [0.29, 0.717) is 6.04 Å². The molecule has 3 heteroatoms. The second-order valence-corrected chi connectivity index (χ2v) is 6.11. The van der Waals surface area contributed by atoms with Crippen LogP contribution in [0, 0.1) is 6.92 Å². The summed E-state index contributed by atoms with van der Waals surface area (Å²) >= 11 is 0. The Morgan fingerprint density at radius 1 is 1.15 bits per heavy atom. The standard InChI is InChI=1S/C17H25N3/c1-12(18)17(20-10-6-3-7-11-20)16-13(2)19-15-9-5-4-8-14(15)16/h4-5,8-9,12,17,19H,3,6-7,10-11,18H2,1-2H3. The Morgan fingerprint density at radius 3 is 2.55 bits per heavy atom. The summed E-state index contributed by atoms with van der Waals surface area (Å²) in [6, 6.07) is 9.04. The monoisotopic (exact) mass is 271 g/mol. The van der Waals surface area contributed by atoms with Gasteiger partial charge in [0.05, 0.1) is 6.04 Å². The highest BCUT2D eigenvalue weighted by molar-refractivity contribution is 5.85. The molecular weight excluding hydrogens is 246 g/mol. The van der Waals surface area contributed by atoms with Crippen LogP contribution in [0.25, 0.3) is 10.9 Å². The molecule has 2 unspecified atom stereocenters. The van der Waals surface area contributed by atoms with Gasteiger partial charge in [0.25, 0.3) is 0 Å². The number of H-pyrrole nitrogens is 1. The van der Waals surface area contributed by atoms with E-state index in [-0.39, 0.29) is 6.04 Å². The molecular formula is C17H25N3. The highest BCUT2D eigenvalue weighted by Gasteiger charge is 2.28. The number of nitrogens with two attached hydrogens (primary N) is 1. The van der Waals surface area contributed by atoms with Gasteiger partial charge >= 0.3 is 0 Å². The molecule has 3 N–H and O–H groups in total. The van der Waals surface area contributed by atoms with E-state index in [1.54, 1.807) is 0 Å². The van der Waals surface area contributed by atoms with Crippen molar-refractivity contribution in [3.05, 3.63) is 35.5 Å². The van der Waals surface area contributed by atoms with Crippen LogP contribution in [0.3, 0.4) is 0 Å². The number of piperidine rings is 1. The van der Waals surface area contributed by atoms with Crippen LogP contribution in [0.1, 0.15) is 43.5 Å². The molecule has 20 heavy (non-hydrogen) atoms. The van der Waals surface area contributed by atoms with Crippen molar-refractivity contribution in [2.45, 2.75) is 45.2 Å². The third-order valence-electron chi connectivity index (χ3n) is 4.52. The highest BCUT2D eigenvalue weighted by Crippen LogP contribution is 2.34. The highest BCUT2D eigenvalue weighted by atomic mass is 15.2. The molecule has 0 radical (unpaired) electrons. The van der Waals surface area contributed by atoms with Crippen LogP contribution >= 0.6 is 0 Å². The van der Waals surface area contributed by atoms with Gasteiger partial charge in [-0.1, -0.05) is 24.6 Å². The molecule has 1 saturated heterocycles. The Hall–Kier alpha value is -1.32. The summed E-state index contributed by atoms with van der Waals surface area (Å²) in [7, 11) is 0. The van der Waals surface area contributed by atoms with Gasteiger partial charge in [-0.2, -0.15) is 0 Å². The first-order valence-corrected chi connectivity index (χ1v) is 7.75. The summed E-state index contributed by atoms with van der Waals surface area (Å²) in [5, 5.41) is 1.33. The number of benzene rings is 1. The molecule has 3 nitrogen and oxygen atoms in total. The van der Waals surface area contributed by atoms with Crippen LogP contribution in [0.4, 0.5) is 0 Å². The number of likely N-dealkylation sites (tertiary alicyclic amines) is 1. The number of hydrogen-bond donors (Lipinski definition) is 2. The molecule has 108 valence electrons. The van der Waals surface area contributed by atoms with Gasteiger partial charge in [0, 0.05) is 22.6 Å². The van der Waals surface area contributed by atoms with Crippen LogP contribution in [-0.4, -0.2) is 29.0 Å². The lowest BCUT2D eigenvalue weighted by Gasteiger charge is -2.37. The quantitative estimate of drug-likeness (QED) is 0.899. The number of aromatic amines is 1. The molecule has 0 amide bonds. The number of nitrogens with one attached hydrogen (secondary N) is 1. The summed E-state index contributed by atoms with van der Waals surface area (Å²) in [6.45, 7) is 6.66. The Balaban J connectivity index is 2.07. The number of nitrogens with zero attached hydrogens (tertiary/aromatic N) is 1. The molecule has 1 aliphatic rings. The van der Waals surface area contributed by atoms with Crippen molar-refractivity contribution in [2.75, 3.05) is 13.1 Å². The van der Waals surface area contributed by atoms with Crippen molar-refractivity contribution < 1.29 is 0 Å². The van der Waals surface area contributed by atoms with Gasteiger partial charge in [-0.25, -0.2) is 0 Å². The summed E-state index contributed by atoms with van der Waals surface area (Å²) in [6.07, 6.45) is 3.95. The minimum atomic E-state index is 0.144. The third-order valence-corrected chi connectivity index (χ3v) is 4.52. The van der Waals surface area contributed by atoms with E-state index in [1.807, 2.05) is 0 Å². The van der Waals surface area contributed by atoms with Gasteiger partial charge in [0.15, 0.2) is 0 Å². The van der Waals surface area contributed by atoms with Gasteiger partial charge in [-0.3, -0.25) is 4.90 Å². The third kappa shape index (κ3) is 2.36. The van der Waals surface area contributed by atoms with Gasteiger partial charge in [0.1, 0.15) is 0 Å². The smallest absolute Gasteiger partial charge is 0.0520 e. The van der Waals surface area contributed by atoms with Crippen molar-refractivity contribution in [3.8, 4) is 0 Å². The second-order valence-electron chi connectivity index (χ2n) is 6.11. The van der Waals surface area contributed by atoms with Gasteiger partial charge in [-0.05, 0) is 51.4 Å². The van der Waals surface area contributed by atoms with E-state index in [9.17, 15) is 0 Å². The summed E-state index contributed by atoms with van der Waals surface area (Å²) in [4.78, 5) is 6.10. The topological polar surface area (TPSA) is 45.1 Å². The fourth-order valence-corrected chi connectivity index (χ4v) is 3.65. The van der Waals surface area contributed by atoms with E-state index in [1.165, 1.54) is 54.5 Å². The first-order chi connectivity index (χ1) is 9.68. The maximum atomic E-state index is 6.36. The largest absolute Gasteiger partial charge is 0.358 e. The molecule has 0 spiro atoms. The van der Waals surface area contributed by atoms with Crippen LogP contribution < -0.4 is 5.73 Å². The fraction of sp³-hybridized carbons (Fsp3) is 0.529. The van der Waals surface area contributed by atoms with Gasteiger partial charge < -0.3 is 10.7 Å². The average Bonchev–Trinajstić information content (AvgIpc) is 2.77. The van der Waals surface area contributed by atoms with Crippen molar-refractivity contribution in [1.82, 2.24) is 9.88 Å². The van der Waals surface area contributed by atoms with Gasteiger partial charge in [0.2, 0.25) is 0 Å². The van der Waals surface area contributed by atoms with E-state index in [0.717, 1.165) is 0 Å². The van der Waals surface area contributed by atoms with Crippen LogP contribution in [-0.2, 0) is 0 Å². The lowest BCUT2D eigenvalue weighted by Crippen LogP contribution is -2.42. The van der Waals surface area contributed by atoms with E-state index >= 15 is 0 Å². The Bertz CT molecular complexity index is 579. The number of fused-ring (bicyclic) bond motifs is 1. The summed E-state index contributed by atoms with van der Waals surface area (Å²) < 4.78 is 0. The maximum Gasteiger partial charge on any atom is 0.0520 e. The van der Waals surface area contributed by atoms with Crippen molar-refractivity contribution in [2.24, 2.45) is 5.73 Å². The predicted molar refractivity (Wildman–Crippen MR) is 84.9 cm³/mol. The van der Waals surface area contributed by atoms with Crippen molar-refractivity contribution in [3.63, 3.8) is 0 Å². The molecule has 3 rings (SSSR count). The molecule has 2 atom stereocenters. The molecule has 2 heterocycles. The SMILES string of the molecule is Cc1[nH]c2ccccc2c1C(C(C)N)N1CCCCC1. The Labute approximate surface area is 121 Å². The number of aryl methyl sites for hydroxylation is 1. The summed E-state index contributed by atoms with van der Waals surface area (Å²) in [5.41, 5.74) is 10.3. The van der Waals surface area contributed by atoms with Crippen molar-refractivity contribution >= 4 is 10.9 Å². The zero-order chi connectivity index (χ0) is 14.1. The fourth-order valence-electron chi connectivity index (χ4n) is 3.65. The van der Waals surface area contributed by atoms with E-state index in [2.05, 4.69) is 48.0 Å². The number of rotatable bonds is 3. The molecule has 1 aromatic carbocycles. The molecule has 1 aliphatic heterocycles.